The Morgan fingerprint density at radius 1 is 0.867 bits per heavy atom. The number of azide groups is 1. The van der Waals surface area contributed by atoms with E-state index in [1.54, 1.807) is 0 Å². The van der Waals surface area contributed by atoms with Gasteiger partial charge in [0.1, 0.15) is 54.9 Å². The number of benzene rings is 1. The molecule has 4 saturated carbocycles. The highest BCUT2D eigenvalue weighted by Gasteiger charge is 2.69. The van der Waals surface area contributed by atoms with Gasteiger partial charge < -0.3 is 57.2 Å². The first-order chi connectivity index (χ1) is 29.1. The van der Waals surface area contributed by atoms with Crippen molar-refractivity contribution >= 4 is 6.16 Å². The van der Waals surface area contributed by atoms with E-state index in [-0.39, 0.29) is 25.2 Å². The van der Waals surface area contributed by atoms with Crippen LogP contribution in [0.5, 0.6) is 0 Å². The number of rotatable bonds is 9. The summed E-state index contributed by atoms with van der Waals surface area (Å²) in [4.78, 5) is 17.3. The molecule has 1 aromatic carbocycles. The Balaban J connectivity index is 1.04. The summed E-state index contributed by atoms with van der Waals surface area (Å²) >= 11 is 0. The minimum Gasteiger partial charge on any atom is -0.431 e. The van der Waals surface area contributed by atoms with Crippen LogP contribution in [0.4, 0.5) is 4.79 Å². The second-order valence-corrected chi connectivity index (χ2v) is 18.7. The molecule has 1 unspecified atom stereocenters. The van der Waals surface area contributed by atoms with E-state index in [9.17, 15) is 15.4 Å². The van der Waals surface area contributed by atoms with Crippen LogP contribution in [0.15, 0.2) is 35.4 Å². The van der Waals surface area contributed by atoms with E-state index in [0.717, 1.165) is 57.8 Å². The molecule has 1 N–H and O–H groups in total. The van der Waals surface area contributed by atoms with Gasteiger partial charge in [-0.3, -0.25) is 0 Å². The Labute approximate surface area is 352 Å². The van der Waals surface area contributed by atoms with Crippen LogP contribution in [0.3, 0.4) is 0 Å². The molecular weight excluding hydrogens is 778 g/mol. The number of hydrogen-bond acceptors (Lipinski definition) is 14. The Bertz CT molecular complexity index is 1690. The van der Waals surface area contributed by atoms with Crippen molar-refractivity contribution in [3.05, 3.63) is 46.3 Å². The minimum absolute atomic E-state index is 0.0494. The molecule has 0 bridgehead atoms. The molecule has 4 aliphatic carbocycles. The molecule has 8 fully saturated rings. The lowest BCUT2D eigenvalue weighted by Gasteiger charge is -2.51. The highest BCUT2D eigenvalue weighted by atomic mass is 16.9. The van der Waals surface area contributed by atoms with Crippen LogP contribution in [-0.2, 0) is 58.1 Å². The van der Waals surface area contributed by atoms with Gasteiger partial charge >= 0.3 is 12.1 Å². The summed E-state index contributed by atoms with van der Waals surface area (Å²) in [7, 11) is 0. The molecule has 0 radical (unpaired) electrons. The van der Waals surface area contributed by atoms with E-state index in [1.165, 1.54) is 0 Å². The number of hydrogen-bond donors (Lipinski definition) is 1. The first-order valence-electron chi connectivity index (χ1n) is 22.7. The van der Waals surface area contributed by atoms with Gasteiger partial charge in [-0.1, -0.05) is 75.5 Å². The van der Waals surface area contributed by atoms with Gasteiger partial charge in [0.25, 0.3) is 0 Å². The van der Waals surface area contributed by atoms with Crippen molar-refractivity contribution in [3.63, 3.8) is 0 Å². The lowest BCUT2D eigenvalue weighted by atomic mass is 9.75. The molecule has 60 heavy (non-hydrogen) atoms. The molecule has 4 aliphatic heterocycles. The van der Waals surface area contributed by atoms with Crippen LogP contribution in [-0.4, -0.2) is 109 Å². The van der Waals surface area contributed by atoms with Crippen LogP contribution in [0.25, 0.3) is 10.4 Å². The first-order valence-corrected chi connectivity index (χ1v) is 22.7. The number of carbonyl (C=O) groups excluding carboxylic acids is 1. The van der Waals surface area contributed by atoms with Crippen molar-refractivity contribution in [2.24, 2.45) is 22.9 Å². The third kappa shape index (κ3) is 8.09. The largest absolute Gasteiger partial charge is 0.509 e. The predicted octanol–water partition coefficient (Wildman–Crippen LogP) is 7.28. The van der Waals surface area contributed by atoms with Gasteiger partial charge in [-0.25, -0.2) is 4.79 Å². The number of ether oxygens (including phenoxy) is 11. The second-order valence-electron chi connectivity index (χ2n) is 18.7. The maximum absolute atomic E-state index is 14.2. The highest BCUT2D eigenvalue weighted by Crippen LogP contribution is 2.53. The molecule has 2 spiro atoms. The normalized spacial score (nSPS) is 43.1. The number of aliphatic hydroxyl groups excluding tert-OH is 1. The third-order valence-electron chi connectivity index (χ3n) is 14.3. The summed E-state index contributed by atoms with van der Waals surface area (Å²) in [6.45, 7) is 8.53. The van der Waals surface area contributed by atoms with Crippen molar-refractivity contribution < 1.29 is 62.0 Å². The van der Waals surface area contributed by atoms with Gasteiger partial charge in [-0.05, 0) is 68.7 Å². The molecule has 332 valence electrons. The smallest absolute Gasteiger partial charge is 0.431 e. The van der Waals surface area contributed by atoms with Gasteiger partial charge in [0.05, 0.1) is 12.7 Å². The monoisotopic (exact) mass is 841 g/mol. The van der Waals surface area contributed by atoms with Crippen molar-refractivity contribution in [1.82, 2.24) is 0 Å². The topological polar surface area (TPSA) is 188 Å². The fraction of sp³-hybridized carbons (Fsp3) is 0.841. The molecule has 8 aliphatic rings. The highest BCUT2D eigenvalue weighted by molar-refractivity contribution is 5.60. The van der Waals surface area contributed by atoms with E-state index in [1.807, 2.05) is 37.3 Å². The number of aliphatic hydroxyl groups is 1. The van der Waals surface area contributed by atoms with Crippen molar-refractivity contribution in [1.29, 1.82) is 0 Å². The maximum Gasteiger partial charge on any atom is 0.509 e. The maximum atomic E-state index is 14.2. The Morgan fingerprint density at radius 3 is 2.12 bits per heavy atom. The van der Waals surface area contributed by atoms with Gasteiger partial charge in [0.2, 0.25) is 0 Å². The zero-order valence-electron chi connectivity index (χ0n) is 35.3. The quantitative estimate of drug-likeness (QED) is 0.113. The molecule has 1 aromatic rings. The van der Waals surface area contributed by atoms with Gasteiger partial charge in [-0.2, -0.15) is 0 Å². The lowest BCUT2D eigenvalue weighted by molar-refractivity contribution is -0.466. The van der Waals surface area contributed by atoms with Crippen LogP contribution in [0.1, 0.15) is 117 Å². The third-order valence-corrected chi connectivity index (χ3v) is 14.3. The predicted molar refractivity (Wildman–Crippen MR) is 211 cm³/mol. The van der Waals surface area contributed by atoms with E-state index >= 15 is 0 Å². The number of nitrogens with zero attached hydrogens (tertiary/aromatic N) is 3. The Hall–Kier alpha value is -2.60. The molecule has 15 atom stereocenters. The SMILES string of the molecule is CCO[C@@]1(c2ccccc2)OC[C@H]2O[C@H](O[C@H]3[C@H](OC(=O)OC4C[C@H](C)CC[C@H]4C(C)C)[C@@H]4OC5(CCCCC5)O[C@@H]4[C@H]4OC5(CCCCC5)O[C@H]34)[C@H](N=[N+]=[N-])[C@@H](O)[C@@H]2O1. The van der Waals surface area contributed by atoms with E-state index in [4.69, 9.17) is 52.1 Å². The molecular formula is C44H63N3O13. The minimum atomic E-state index is -1.63. The first kappa shape index (κ1) is 42.7. The van der Waals surface area contributed by atoms with Crippen LogP contribution in [0, 0.1) is 17.8 Å². The molecule has 0 amide bonds. The van der Waals surface area contributed by atoms with Crippen LogP contribution in [0.2, 0.25) is 0 Å². The summed E-state index contributed by atoms with van der Waals surface area (Å²) in [5.41, 5.74) is 10.5. The summed E-state index contributed by atoms with van der Waals surface area (Å²) in [6.07, 6.45) is 0.463. The van der Waals surface area contributed by atoms with Crippen LogP contribution >= 0.6 is 0 Å². The summed E-state index contributed by atoms with van der Waals surface area (Å²) < 4.78 is 72.8. The average Bonchev–Trinajstić information content (AvgIpc) is 3.79. The average molecular weight is 842 g/mol. The standard InChI is InChI=1S/C44H63N3O13/c1-5-50-44(27-15-9-6-10-16-27)51-24-30-33(60-44)32(48)31(46-47-45)40(52-30)54-34-35(55-41(49)53-29-23-26(4)17-18-28(29)25(2)3)37-39(59-43(57-37)21-13-8-14-22-43)38-36(34)56-42(58-38)19-11-7-12-20-42/h6,9-10,15-16,25-26,28-40,48H,5,7-8,11-14,17-24H2,1-4H3/t26-,28+,29?,30-,31-,32-,33-,34+,35+,36-,37+,38+,39+,40-,44+/m1/s1. The molecule has 4 heterocycles. The lowest BCUT2D eigenvalue weighted by Crippen LogP contribution is -2.68. The fourth-order valence-electron chi connectivity index (χ4n) is 11.3. The van der Waals surface area contributed by atoms with E-state index in [0.29, 0.717) is 43.1 Å². The van der Waals surface area contributed by atoms with Gasteiger partial charge in [0.15, 0.2) is 24.0 Å². The second kappa shape index (κ2) is 17.5. The molecule has 0 aromatic heterocycles. The van der Waals surface area contributed by atoms with Crippen LogP contribution < -0.4 is 0 Å². The number of carbonyl (C=O) groups is 1. The molecule has 16 nitrogen and oxygen atoms in total. The van der Waals surface area contributed by atoms with Gasteiger partial charge in [-0.15, -0.1) is 0 Å². The van der Waals surface area contributed by atoms with Gasteiger partial charge in [0, 0.05) is 42.8 Å². The van der Waals surface area contributed by atoms with E-state index in [2.05, 4.69) is 30.8 Å². The number of fused-ring (bicyclic) bond motifs is 4. The van der Waals surface area contributed by atoms with Crippen molar-refractivity contribution in [2.75, 3.05) is 13.2 Å². The molecule has 9 rings (SSSR count). The summed E-state index contributed by atoms with van der Waals surface area (Å²) in [5.74, 6) is -2.50. The molecule has 16 heteroatoms. The zero-order chi connectivity index (χ0) is 41.6. The Morgan fingerprint density at radius 2 is 1.50 bits per heavy atom. The zero-order valence-corrected chi connectivity index (χ0v) is 35.3. The summed E-state index contributed by atoms with van der Waals surface area (Å²) in [5, 5.41) is 16.1. The summed E-state index contributed by atoms with van der Waals surface area (Å²) in [6, 6.07) is 7.87. The Kier molecular flexibility index (Phi) is 12.5. The van der Waals surface area contributed by atoms with E-state index < -0.39 is 91.0 Å². The molecule has 4 saturated heterocycles. The van der Waals surface area contributed by atoms with Crippen molar-refractivity contribution in [2.45, 2.75) is 202 Å². The van der Waals surface area contributed by atoms with Crippen molar-refractivity contribution in [3.8, 4) is 0 Å². The fourth-order valence-corrected chi connectivity index (χ4v) is 11.3.